The predicted octanol–water partition coefficient (Wildman–Crippen LogP) is 4.57. The van der Waals surface area contributed by atoms with Crippen molar-refractivity contribution in [3.8, 4) is 0 Å². The van der Waals surface area contributed by atoms with Crippen molar-refractivity contribution in [3.63, 3.8) is 0 Å². The first-order valence-electron chi connectivity index (χ1n) is 8.83. The van der Waals surface area contributed by atoms with Gasteiger partial charge < -0.3 is 4.90 Å². The van der Waals surface area contributed by atoms with Crippen LogP contribution in [0.1, 0.15) is 23.8 Å². The Hall–Kier alpha value is -1.92. The van der Waals surface area contributed by atoms with Crippen LogP contribution in [0.2, 0.25) is 0 Å². The maximum Gasteiger partial charge on any atom is 0.237 e. The Labute approximate surface area is 161 Å². The van der Waals surface area contributed by atoms with E-state index in [9.17, 15) is 4.79 Å². The van der Waals surface area contributed by atoms with Gasteiger partial charge in [0.15, 0.2) is 0 Å². The number of nitrogens with zero attached hydrogens (tertiary/aromatic N) is 3. The van der Waals surface area contributed by atoms with Crippen molar-refractivity contribution in [1.29, 1.82) is 0 Å². The zero-order chi connectivity index (χ0) is 18.1. The molecule has 0 spiro atoms. The molecular weight excluding hydrogens is 362 g/mol. The summed E-state index contributed by atoms with van der Waals surface area (Å²) in [4.78, 5) is 25.8. The molecule has 2 aromatic heterocycles. The van der Waals surface area contributed by atoms with E-state index in [4.69, 9.17) is 0 Å². The molecule has 2 heterocycles. The van der Waals surface area contributed by atoms with Gasteiger partial charge in [-0.15, -0.1) is 11.3 Å². The van der Waals surface area contributed by atoms with Crippen LogP contribution in [0.25, 0.3) is 10.2 Å². The van der Waals surface area contributed by atoms with Crippen molar-refractivity contribution in [2.45, 2.75) is 31.2 Å². The van der Waals surface area contributed by atoms with Crippen molar-refractivity contribution in [2.75, 3.05) is 17.7 Å². The first kappa shape index (κ1) is 17.5. The maximum absolute atomic E-state index is 12.6. The van der Waals surface area contributed by atoms with Crippen molar-refractivity contribution in [1.82, 2.24) is 9.97 Å². The second-order valence-electron chi connectivity index (χ2n) is 6.79. The number of hydrogen-bond donors (Lipinski definition) is 0. The summed E-state index contributed by atoms with van der Waals surface area (Å²) in [6, 6.07) is 9.73. The van der Waals surface area contributed by atoms with Gasteiger partial charge in [0.1, 0.15) is 16.2 Å². The molecule has 1 atom stereocenters. The molecule has 1 aromatic carbocycles. The van der Waals surface area contributed by atoms with Crippen LogP contribution in [-0.2, 0) is 17.6 Å². The molecular formula is C20H21N3OS2. The van der Waals surface area contributed by atoms with Crippen LogP contribution < -0.4 is 4.90 Å². The second kappa shape index (κ2) is 7.37. The highest BCUT2D eigenvalue weighted by atomic mass is 32.2. The molecule has 0 unspecified atom stereocenters. The number of fused-ring (bicyclic) bond motifs is 3. The highest BCUT2D eigenvalue weighted by Crippen LogP contribution is 2.40. The van der Waals surface area contributed by atoms with Gasteiger partial charge in [-0.05, 0) is 42.9 Å². The number of carbonyl (C=O) groups excluding carboxylic acids is 1. The van der Waals surface area contributed by atoms with Gasteiger partial charge in [-0.25, -0.2) is 9.97 Å². The molecule has 134 valence electrons. The Balaban J connectivity index is 1.55. The van der Waals surface area contributed by atoms with Crippen molar-refractivity contribution < 1.29 is 4.79 Å². The van der Waals surface area contributed by atoms with Gasteiger partial charge in [0.25, 0.3) is 0 Å². The number of benzene rings is 1. The average Bonchev–Trinajstić information content (AvgIpc) is 3.04. The van der Waals surface area contributed by atoms with Gasteiger partial charge in [0, 0.05) is 23.0 Å². The number of carbonyl (C=O) groups is 1. The molecule has 1 aliphatic carbocycles. The average molecular weight is 384 g/mol. The lowest BCUT2D eigenvalue weighted by Crippen LogP contribution is -2.27. The van der Waals surface area contributed by atoms with Crippen molar-refractivity contribution in [2.24, 2.45) is 5.92 Å². The minimum absolute atomic E-state index is 0.0747. The minimum atomic E-state index is 0.0747. The van der Waals surface area contributed by atoms with E-state index in [0.29, 0.717) is 5.75 Å². The van der Waals surface area contributed by atoms with E-state index in [1.54, 1.807) is 22.6 Å². The van der Waals surface area contributed by atoms with Gasteiger partial charge >= 0.3 is 0 Å². The highest BCUT2D eigenvalue weighted by molar-refractivity contribution is 8.00. The number of aryl methyl sites for hydroxylation is 1. The van der Waals surface area contributed by atoms with Gasteiger partial charge in [-0.3, -0.25) is 4.79 Å². The molecule has 0 saturated carbocycles. The molecule has 3 aromatic rings. The van der Waals surface area contributed by atoms with Crippen LogP contribution in [0, 0.1) is 5.92 Å². The molecule has 4 rings (SSSR count). The zero-order valence-corrected chi connectivity index (χ0v) is 16.6. The first-order valence-corrected chi connectivity index (χ1v) is 10.6. The van der Waals surface area contributed by atoms with Gasteiger partial charge in [0.05, 0.1) is 5.75 Å². The number of thiophene rings is 1. The normalized spacial score (nSPS) is 16.5. The van der Waals surface area contributed by atoms with Crippen LogP contribution in [0.15, 0.2) is 41.7 Å². The monoisotopic (exact) mass is 383 g/mol. The quantitative estimate of drug-likeness (QED) is 0.489. The molecule has 0 bridgehead atoms. The SMILES string of the molecule is C[C@H]1CCc2c(sc3ncnc(SCC(=O)N(C)c4ccccc4)c23)C1. The minimum Gasteiger partial charge on any atom is -0.315 e. The Morgan fingerprint density at radius 1 is 1.31 bits per heavy atom. The van der Waals surface area contributed by atoms with Gasteiger partial charge in [-0.2, -0.15) is 0 Å². The molecule has 0 radical (unpaired) electrons. The summed E-state index contributed by atoms with van der Waals surface area (Å²) >= 11 is 3.32. The molecule has 26 heavy (non-hydrogen) atoms. The van der Waals surface area contributed by atoms with E-state index in [2.05, 4.69) is 16.9 Å². The number of anilines is 1. The van der Waals surface area contributed by atoms with Crippen LogP contribution >= 0.6 is 23.1 Å². The fourth-order valence-electron chi connectivity index (χ4n) is 3.38. The fourth-order valence-corrected chi connectivity index (χ4v) is 5.73. The third-order valence-corrected chi connectivity index (χ3v) is 7.04. The van der Waals surface area contributed by atoms with E-state index in [1.165, 1.54) is 34.0 Å². The van der Waals surface area contributed by atoms with E-state index in [0.717, 1.165) is 34.3 Å². The lowest BCUT2D eigenvalue weighted by Gasteiger charge is -2.18. The van der Waals surface area contributed by atoms with Gasteiger partial charge in [0.2, 0.25) is 5.91 Å². The number of hydrogen-bond acceptors (Lipinski definition) is 5. The number of para-hydroxylation sites is 1. The molecule has 0 aliphatic heterocycles. The van der Waals surface area contributed by atoms with Crippen LogP contribution in [0.4, 0.5) is 5.69 Å². The Morgan fingerprint density at radius 2 is 2.12 bits per heavy atom. The lowest BCUT2D eigenvalue weighted by molar-refractivity contribution is -0.115. The Morgan fingerprint density at radius 3 is 2.92 bits per heavy atom. The number of thioether (sulfide) groups is 1. The molecule has 0 N–H and O–H groups in total. The number of aromatic nitrogens is 2. The third-order valence-electron chi connectivity index (χ3n) is 4.91. The maximum atomic E-state index is 12.6. The Kier molecular flexibility index (Phi) is 4.96. The van der Waals surface area contributed by atoms with E-state index in [1.807, 2.05) is 37.4 Å². The van der Waals surface area contributed by atoms with Crippen LogP contribution in [0.3, 0.4) is 0 Å². The van der Waals surface area contributed by atoms with E-state index >= 15 is 0 Å². The summed E-state index contributed by atoms with van der Waals surface area (Å²) in [6.45, 7) is 2.31. The largest absolute Gasteiger partial charge is 0.315 e. The Bertz CT molecular complexity index is 939. The molecule has 6 heteroatoms. The second-order valence-corrected chi connectivity index (χ2v) is 8.84. The predicted molar refractivity (Wildman–Crippen MR) is 109 cm³/mol. The smallest absolute Gasteiger partial charge is 0.237 e. The molecule has 1 aliphatic rings. The van der Waals surface area contributed by atoms with Crippen LogP contribution in [0.5, 0.6) is 0 Å². The van der Waals surface area contributed by atoms with Crippen molar-refractivity contribution in [3.05, 3.63) is 47.1 Å². The number of amides is 1. The third kappa shape index (κ3) is 3.35. The lowest BCUT2D eigenvalue weighted by atomic mass is 9.89. The number of rotatable bonds is 4. The zero-order valence-electron chi connectivity index (χ0n) is 14.9. The summed E-state index contributed by atoms with van der Waals surface area (Å²) in [5.74, 6) is 1.19. The molecule has 4 nitrogen and oxygen atoms in total. The summed E-state index contributed by atoms with van der Waals surface area (Å²) in [6.07, 6.45) is 5.07. The standard InChI is InChI=1S/C20H21N3OS2/c1-13-8-9-15-16(10-13)26-20-18(15)19(21-12-22-20)25-11-17(24)23(2)14-6-4-3-5-7-14/h3-7,12-13H,8-11H2,1-2H3/t13-/m0/s1. The molecule has 0 saturated heterocycles. The van der Waals surface area contributed by atoms with E-state index in [-0.39, 0.29) is 5.91 Å². The summed E-state index contributed by atoms with van der Waals surface area (Å²) in [5, 5.41) is 2.12. The summed E-state index contributed by atoms with van der Waals surface area (Å²) in [7, 11) is 1.82. The molecule has 0 fully saturated rings. The van der Waals surface area contributed by atoms with Crippen molar-refractivity contribution >= 4 is 44.9 Å². The first-order chi connectivity index (χ1) is 12.6. The van der Waals surface area contributed by atoms with Gasteiger partial charge in [-0.1, -0.05) is 36.9 Å². The van der Waals surface area contributed by atoms with Crippen LogP contribution in [-0.4, -0.2) is 28.7 Å². The summed E-state index contributed by atoms with van der Waals surface area (Å²) < 4.78 is 0. The molecule has 1 amide bonds. The fraction of sp³-hybridized carbons (Fsp3) is 0.350. The van der Waals surface area contributed by atoms with E-state index < -0.39 is 0 Å². The summed E-state index contributed by atoms with van der Waals surface area (Å²) in [5.41, 5.74) is 2.32. The topological polar surface area (TPSA) is 46.1 Å². The highest BCUT2D eigenvalue weighted by Gasteiger charge is 2.23.